The summed E-state index contributed by atoms with van der Waals surface area (Å²) in [5.74, 6) is -1.31. The number of aromatic nitrogens is 2. The van der Waals surface area contributed by atoms with Crippen LogP contribution in [-0.4, -0.2) is 44.8 Å². The topological polar surface area (TPSA) is 75.4 Å². The maximum Gasteiger partial charge on any atom is 0.308 e. The molecule has 6 heteroatoms. The number of hydrogen-bond acceptors (Lipinski definition) is 3. The van der Waals surface area contributed by atoms with Crippen molar-refractivity contribution in [3.05, 3.63) is 48.3 Å². The van der Waals surface area contributed by atoms with Crippen LogP contribution < -0.4 is 0 Å². The van der Waals surface area contributed by atoms with E-state index in [4.69, 9.17) is 5.11 Å². The quantitative estimate of drug-likeness (QED) is 0.924. The minimum absolute atomic E-state index is 0.0450. The minimum atomic E-state index is -0.827. The van der Waals surface area contributed by atoms with E-state index in [2.05, 4.69) is 5.10 Å². The molecule has 1 fully saturated rings. The molecule has 1 saturated heterocycles. The number of amides is 1. The zero-order valence-corrected chi connectivity index (χ0v) is 12.1. The third-order valence-electron chi connectivity index (χ3n) is 3.90. The highest BCUT2D eigenvalue weighted by atomic mass is 16.4. The van der Waals surface area contributed by atoms with Crippen molar-refractivity contribution in [3.63, 3.8) is 0 Å². The van der Waals surface area contributed by atoms with Crippen molar-refractivity contribution in [2.24, 2.45) is 5.92 Å². The molecule has 0 saturated carbocycles. The first-order valence-electron chi connectivity index (χ1n) is 7.23. The van der Waals surface area contributed by atoms with E-state index < -0.39 is 11.9 Å². The molecular formula is C16H17N3O3. The Morgan fingerprint density at radius 2 is 2.05 bits per heavy atom. The molecule has 2 heterocycles. The SMILES string of the molecule is O=C(O)C1CCN(C(=O)Cc2cnn(-c3ccccc3)c2)C1. The summed E-state index contributed by atoms with van der Waals surface area (Å²) in [5.41, 5.74) is 1.76. The number of likely N-dealkylation sites (tertiary alicyclic amines) is 1. The second-order valence-electron chi connectivity index (χ2n) is 5.47. The normalized spacial score (nSPS) is 17.6. The number of para-hydroxylation sites is 1. The molecule has 0 radical (unpaired) electrons. The smallest absolute Gasteiger partial charge is 0.308 e. The van der Waals surface area contributed by atoms with Crippen molar-refractivity contribution < 1.29 is 14.7 Å². The molecule has 6 nitrogen and oxygen atoms in total. The average Bonchev–Trinajstić information content (AvgIpc) is 3.17. The molecule has 1 N–H and O–H groups in total. The van der Waals surface area contributed by atoms with Crippen molar-refractivity contribution in [2.75, 3.05) is 13.1 Å². The Kier molecular flexibility index (Phi) is 3.91. The fourth-order valence-corrected chi connectivity index (χ4v) is 2.65. The molecule has 2 aromatic rings. The van der Waals surface area contributed by atoms with Crippen LogP contribution in [0, 0.1) is 5.92 Å². The van der Waals surface area contributed by atoms with E-state index in [0.29, 0.717) is 19.5 Å². The van der Waals surface area contributed by atoms with Gasteiger partial charge in [-0.15, -0.1) is 0 Å². The molecule has 1 aliphatic rings. The number of carbonyl (C=O) groups is 2. The number of nitrogens with zero attached hydrogens (tertiary/aromatic N) is 3. The molecular weight excluding hydrogens is 282 g/mol. The van der Waals surface area contributed by atoms with Gasteiger partial charge in [-0.1, -0.05) is 18.2 Å². The second kappa shape index (κ2) is 6.01. The van der Waals surface area contributed by atoms with E-state index in [1.54, 1.807) is 15.8 Å². The molecule has 0 aliphatic carbocycles. The summed E-state index contributed by atoms with van der Waals surface area (Å²) in [5, 5.41) is 13.2. The summed E-state index contributed by atoms with van der Waals surface area (Å²) >= 11 is 0. The molecule has 22 heavy (non-hydrogen) atoms. The number of hydrogen-bond donors (Lipinski definition) is 1. The lowest BCUT2D eigenvalue weighted by Gasteiger charge is -2.14. The molecule has 1 aliphatic heterocycles. The predicted molar refractivity (Wildman–Crippen MR) is 79.6 cm³/mol. The number of carbonyl (C=O) groups excluding carboxylic acids is 1. The van der Waals surface area contributed by atoms with Crippen molar-refractivity contribution in [1.82, 2.24) is 14.7 Å². The summed E-state index contributed by atoms with van der Waals surface area (Å²) in [6.45, 7) is 0.823. The molecule has 0 spiro atoms. The molecule has 3 rings (SSSR count). The monoisotopic (exact) mass is 299 g/mol. The maximum absolute atomic E-state index is 12.2. The third-order valence-corrected chi connectivity index (χ3v) is 3.90. The fraction of sp³-hybridized carbons (Fsp3) is 0.312. The number of carboxylic acid groups (broad SMARTS) is 1. The van der Waals surface area contributed by atoms with Crippen LogP contribution in [0.15, 0.2) is 42.7 Å². The molecule has 114 valence electrons. The summed E-state index contributed by atoms with van der Waals surface area (Å²) in [7, 11) is 0. The van der Waals surface area contributed by atoms with E-state index in [1.807, 2.05) is 36.5 Å². The van der Waals surface area contributed by atoms with Crippen molar-refractivity contribution in [1.29, 1.82) is 0 Å². The standard InChI is InChI=1S/C16H17N3O3/c20-15(18-7-6-13(11-18)16(21)22)8-12-9-17-19(10-12)14-4-2-1-3-5-14/h1-5,9-10,13H,6-8,11H2,(H,21,22). The van der Waals surface area contributed by atoms with Gasteiger partial charge in [0.25, 0.3) is 0 Å². The third kappa shape index (κ3) is 3.00. The number of benzene rings is 1. The van der Waals surface area contributed by atoms with Crippen LogP contribution in [0.25, 0.3) is 5.69 Å². The van der Waals surface area contributed by atoms with Crippen LogP contribution in [-0.2, 0) is 16.0 Å². The summed E-state index contributed by atoms with van der Waals surface area (Å²) in [4.78, 5) is 24.8. The van der Waals surface area contributed by atoms with Gasteiger partial charge >= 0.3 is 5.97 Å². The van der Waals surface area contributed by atoms with Gasteiger partial charge in [0.15, 0.2) is 0 Å². The first-order valence-corrected chi connectivity index (χ1v) is 7.23. The van der Waals surface area contributed by atoms with Gasteiger partial charge in [-0.05, 0) is 24.1 Å². The van der Waals surface area contributed by atoms with Gasteiger partial charge in [0, 0.05) is 19.3 Å². The van der Waals surface area contributed by atoms with Gasteiger partial charge in [0.2, 0.25) is 5.91 Å². The first-order chi connectivity index (χ1) is 10.6. The lowest BCUT2D eigenvalue weighted by atomic mass is 10.1. The van der Waals surface area contributed by atoms with E-state index in [-0.39, 0.29) is 12.3 Å². The average molecular weight is 299 g/mol. The van der Waals surface area contributed by atoms with E-state index in [1.165, 1.54) is 0 Å². The first kappa shape index (κ1) is 14.3. The van der Waals surface area contributed by atoms with Crippen molar-refractivity contribution in [2.45, 2.75) is 12.8 Å². The van der Waals surface area contributed by atoms with Gasteiger partial charge in [-0.2, -0.15) is 5.10 Å². The van der Waals surface area contributed by atoms with Gasteiger partial charge in [-0.25, -0.2) is 4.68 Å². The maximum atomic E-state index is 12.2. The fourth-order valence-electron chi connectivity index (χ4n) is 2.65. The Balaban J connectivity index is 1.63. The molecule has 1 unspecified atom stereocenters. The Morgan fingerprint density at radius 3 is 2.73 bits per heavy atom. The Hall–Kier alpha value is -2.63. The Labute approximate surface area is 128 Å². The number of rotatable bonds is 4. The summed E-state index contributed by atoms with van der Waals surface area (Å²) < 4.78 is 1.73. The highest BCUT2D eigenvalue weighted by Gasteiger charge is 2.30. The van der Waals surface area contributed by atoms with Crippen LogP contribution in [0.2, 0.25) is 0 Å². The predicted octanol–water partition coefficient (Wildman–Crippen LogP) is 1.35. The second-order valence-corrected chi connectivity index (χ2v) is 5.47. The van der Waals surface area contributed by atoms with Crippen LogP contribution in [0.4, 0.5) is 0 Å². The van der Waals surface area contributed by atoms with Gasteiger partial charge < -0.3 is 10.0 Å². The number of aliphatic carboxylic acids is 1. The molecule has 0 bridgehead atoms. The lowest BCUT2D eigenvalue weighted by molar-refractivity contribution is -0.141. The van der Waals surface area contributed by atoms with Gasteiger partial charge in [-0.3, -0.25) is 9.59 Å². The molecule has 1 aromatic heterocycles. The molecule has 1 atom stereocenters. The van der Waals surface area contributed by atoms with Crippen molar-refractivity contribution >= 4 is 11.9 Å². The lowest BCUT2D eigenvalue weighted by Crippen LogP contribution is -2.31. The number of carboxylic acids is 1. The summed E-state index contributed by atoms with van der Waals surface area (Å²) in [6.07, 6.45) is 4.29. The van der Waals surface area contributed by atoms with E-state index in [9.17, 15) is 9.59 Å². The highest BCUT2D eigenvalue weighted by Crippen LogP contribution is 2.18. The van der Waals surface area contributed by atoms with E-state index >= 15 is 0 Å². The van der Waals surface area contributed by atoms with Gasteiger partial charge in [0.05, 0.1) is 24.2 Å². The zero-order valence-electron chi connectivity index (χ0n) is 12.1. The molecule has 1 aromatic carbocycles. The highest BCUT2D eigenvalue weighted by molar-refractivity contribution is 5.80. The van der Waals surface area contributed by atoms with Crippen LogP contribution in [0.5, 0.6) is 0 Å². The summed E-state index contributed by atoms with van der Waals surface area (Å²) in [6, 6.07) is 9.67. The molecule has 1 amide bonds. The Bertz CT molecular complexity index is 681. The van der Waals surface area contributed by atoms with Crippen LogP contribution >= 0.6 is 0 Å². The van der Waals surface area contributed by atoms with Gasteiger partial charge in [0.1, 0.15) is 0 Å². The van der Waals surface area contributed by atoms with E-state index in [0.717, 1.165) is 11.3 Å². The largest absolute Gasteiger partial charge is 0.481 e. The van der Waals surface area contributed by atoms with Crippen LogP contribution in [0.3, 0.4) is 0 Å². The zero-order chi connectivity index (χ0) is 15.5. The van der Waals surface area contributed by atoms with Crippen LogP contribution in [0.1, 0.15) is 12.0 Å². The Morgan fingerprint density at radius 1 is 1.27 bits per heavy atom. The minimum Gasteiger partial charge on any atom is -0.481 e. The van der Waals surface area contributed by atoms with Crippen molar-refractivity contribution in [3.8, 4) is 5.69 Å².